The van der Waals surface area contributed by atoms with E-state index in [0.29, 0.717) is 29.7 Å². The van der Waals surface area contributed by atoms with Crippen molar-refractivity contribution in [2.75, 3.05) is 12.4 Å². The summed E-state index contributed by atoms with van der Waals surface area (Å²) in [7, 11) is 1.63. The second-order valence-corrected chi connectivity index (χ2v) is 9.35. The molecule has 6 atom stereocenters. The molecule has 1 aromatic carbocycles. The molecule has 3 rings (SSSR count). The first-order chi connectivity index (χ1) is 15.6. The van der Waals surface area contributed by atoms with Crippen molar-refractivity contribution in [1.29, 1.82) is 0 Å². The van der Waals surface area contributed by atoms with Gasteiger partial charge in [0.05, 0.1) is 18.3 Å². The van der Waals surface area contributed by atoms with Gasteiger partial charge >= 0.3 is 0 Å². The van der Waals surface area contributed by atoms with Gasteiger partial charge in [0.25, 0.3) is 5.91 Å². The zero-order chi connectivity index (χ0) is 24.3. The quantitative estimate of drug-likeness (QED) is 0.549. The highest BCUT2D eigenvalue weighted by Gasteiger charge is 2.39. The Hall–Kier alpha value is -2.48. The first-order valence-electron chi connectivity index (χ1n) is 11.5. The highest BCUT2D eigenvalue weighted by molar-refractivity contribution is 6.03. The molecule has 7 nitrogen and oxygen atoms in total. The number of aliphatic hydroxyl groups excluding tert-OH is 1. The van der Waals surface area contributed by atoms with E-state index in [1.54, 1.807) is 26.2 Å². The molecule has 0 aromatic heterocycles. The number of phenolic OH excluding ortho intramolecular Hbond substituents is 1. The number of ketones is 1. The molecule has 0 spiro atoms. The van der Waals surface area contributed by atoms with Crippen LogP contribution in [-0.2, 0) is 19.1 Å². The number of aromatic hydroxyl groups is 1. The maximum absolute atomic E-state index is 12.8. The molecule has 1 amide bonds. The van der Waals surface area contributed by atoms with Gasteiger partial charge in [-0.25, -0.2) is 0 Å². The predicted molar refractivity (Wildman–Crippen MR) is 126 cm³/mol. The molecule has 0 saturated carbocycles. The summed E-state index contributed by atoms with van der Waals surface area (Å²) in [5, 5.41) is 23.9. The van der Waals surface area contributed by atoms with E-state index in [-0.39, 0.29) is 35.9 Å². The number of fused-ring (bicyclic) bond motifs is 5. The Balaban J connectivity index is 2.15. The molecule has 1 aromatic rings. The standard InChI is InChI=1S/C26H35NO6/c1-14-7-6-8-21(32-5)9-15(2)24-17(4)23(30)22(29)10-16(3)25(33-24)18-11-19(27-26(14)31)13-20(28)12-18/h7,9,11-13,16-17,21,23-25,28,30H,6,8,10H2,1-5H3,(H,27,31)/b14-7+,15-9+/t16-,17+,21-,23+,24-,25-/m0/s1. The Bertz CT molecular complexity index is 952. The van der Waals surface area contributed by atoms with Crippen molar-refractivity contribution in [1.82, 2.24) is 0 Å². The number of carbonyl (C=O) groups excluding carboxylic acids is 2. The molecule has 2 aliphatic heterocycles. The number of Topliss-reactive ketones (excluding diaryl/α,β-unsaturated/α-hetero) is 1. The second-order valence-electron chi connectivity index (χ2n) is 9.35. The SMILES string of the molecule is CO[C@@H]1/C=C(\C)[C@@H]2O[C@H](c3cc(O)cc(c3)NC(=O)/C(C)=C/CC1)[C@@H](C)CC(=O)[C@H](O)[C@H]2C. The number of carbonyl (C=O) groups is 2. The van der Waals surface area contributed by atoms with E-state index in [2.05, 4.69) is 5.32 Å². The lowest BCUT2D eigenvalue weighted by Gasteiger charge is -2.38. The minimum Gasteiger partial charge on any atom is -0.508 e. The number of ether oxygens (including phenoxy) is 2. The predicted octanol–water partition coefficient (Wildman–Crippen LogP) is 4.06. The highest BCUT2D eigenvalue weighted by atomic mass is 16.5. The molecule has 1 fully saturated rings. The van der Waals surface area contributed by atoms with E-state index in [1.807, 2.05) is 32.9 Å². The average Bonchev–Trinajstić information content (AvgIpc) is 2.76. The lowest BCUT2D eigenvalue weighted by Crippen LogP contribution is -2.42. The van der Waals surface area contributed by atoms with Gasteiger partial charge in [-0.05, 0) is 55.9 Å². The number of amides is 1. The normalized spacial score (nSPS) is 35.0. The summed E-state index contributed by atoms with van der Waals surface area (Å²) in [6.45, 7) is 7.38. The van der Waals surface area contributed by atoms with Crippen molar-refractivity contribution >= 4 is 17.4 Å². The molecule has 3 N–H and O–H groups in total. The number of rotatable bonds is 1. The van der Waals surface area contributed by atoms with Gasteiger partial charge in [-0.1, -0.05) is 26.0 Å². The molecule has 180 valence electrons. The number of phenols is 1. The minimum atomic E-state index is -1.13. The van der Waals surface area contributed by atoms with Gasteiger partial charge < -0.3 is 25.0 Å². The number of methoxy groups -OCH3 is 1. The summed E-state index contributed by atoms with van der Waals surface area (Å²) >= 11 is 0. The molecule has 0 radical (unpaired) electrons. The summed E-state index contributed by atoms with van der Waals surface area (Å²) in [4.78, 5) is 25.4. The van der Waals surface area contributed by atoms with Crippen molar-refractivity contribution in [3.63, 3.8) is 0 Å². The summed E-state index contributed by atoms with van der Waals surface area (Å²) in [5.74, 6) is -1.20. The third-order valence-electron chi connectivity index (χ3n) is 6.63. The summed E-state index contributed by atoms with van der Waals surface area (Å²) in [6.07, 6.45) is 2.88. The Morgan fingerprint density at radius 2 is 1.85 bits per heavy atom. The van der Waals surface area contributed by atoms with Crippen LogP contribution in [0.1, 0.15) is 58.6 Å². The number of hydrogen-bond donors (Lipinski definition) is 3. The number of nitrogens with one attached hydrogen (secondary N) is 1. The fourth-order valence-electron chi connectivity index (χ4n) is 4.66. The van der Waals surface area contributed by atoms with Crippen LogP contribution < -0.4 is 5.32 Å². The van der Waals surface area contributed by atoms with Crippen LogP contribution in [0.25, 0.3) is 0 Å². The first kappa shape index (κ1) is 25.1. The van der Waals surface area contributed by atoms with Gasteiger partial charge in [0.1, 0.15) is 11.9 Å². The van der Waals surface area contributed by atoms with Gasteiger partial charge in [0.15, 0.2) is 5.78 Å². The maximum atomic E-state index is 12.8. The molecule has 0 unspecified atom stereocenters. The van der Waals surface area contributed by atoms with Gasteiger partial charge in [0.2, 0.25) is 0 Å². The smallest absolute Gasteiger partial charge is 0.250 e. The molecule has 7 heteroatoms. The number of aliphatic hydroxyl groups is 1. The van der Waals surface area contributed by atoms with E-state index in [4.69, 9.17) is 9.47 Å². The van der Waals surface area contributed by atoms with Crippen LogP contribution in [0.5, 0.6) is 5.75 Å². The largest absolute Gasteiger partial charge is 0.508 e. The van der Waals surface area contributed by atoms with Crippen molar-refractivity contribution in [3.8, 4) is 5.75 Å². The summed E-state index contributed by atoms with van der Waals surface area (Å²) in [5.41, 5.74) is 2.55. The average molecular weight is 458 g/mol. The topological polar surface area (TPSA) is 105 Å². The molecular weight excluding hydrogens is 422 g/mol. The van der Waals surface area contributed by atoms with E-state index in [1.165, 1.54) is 6.07 Å². The highest BCUT2D eigenvalue weighted by Crippen LogP contribution is 2.39. The van der Waals surface area contributed by atoms with Crippen molar-refractivity contribution in [2.45, 2.75) is 71.4 Å². The Kier molecular flexibility index (Phi) is 8.10. The Morgan fingerprint density at radius 1 is 1.12 bits per heavy atom. The van der Waals surface area contributed by atoms with Gasteiger partial charge in [-0.3, -0.25) is 9.59 Å². The number of hydrogen-bond acceptors (Lipinski definition) is 6. The zero-order valence-electron chi connectivity index (χ0n) is 20.0. The Labute approximate surface area is 195 Å². The lowest BCUT2D eigenvalue weighted by atomic mass is 9.82. The third-order valence-corrected chi connectivity index (χ3v) is 6.63. The third kappa shape index (κ3) is 5.91. The van der Waals surface area contributed by atoms with E-state index >= 15 is 0 Å². The van der Waals surface area contributed by atoms with Gasteiger partial charge in [-0.15, -0.1) is 0 Å². The molecule has 4 bridgehead atoms. The van der Waals surface area contributed by atoms with E-state index in [9.17, 15) is 19.8 Å². The van der Waals surface area contributed by atoms with Crippen LogP contribution in [0.4, 0.5) is 5.69 Å². The number of anilines is 1. The van der Waals surface area contributed by atoms with Crippen molar-refractivity contribution < 1.29 is 29.3 Å². The fraction of sp³-hybridized carbons (Fsp3) is 0.538. The molecule has 2 aliphatic rings. The first-order valence-corrected chi connectivity index (χ1v) is 11.5. The van der Waals surface area contributed by atoms with Crippen LogP contribution in [0.3, 0.4) is 0 Å². The number of allylic oxidation sites excluding steroid dienone is 1. The lowest BCUT2D eigenvalue weighted by molar-refractivity contribution is -0.144. The summed E-state index contributed by atoms with van der Waals surface area (Å²) in [6, 6.07) is 4.85. The molecular formula is C26H35NO6. The van der Waals surface area contributed by atoms with Crippen molar-refractivity contribution in [3.05, 3.63) is 47.1 Å². The molecule has 1 saturated heterocycles. The Morgan fingerprint density at radius 3 is 2.55 bits per heavy atom. The number of benzene rings is 1. The van der Waals surface area contributed by atoms with Crippen molar-refractivity contribution in [2.24, 2.45) is 11.8 Å². The van der Waals surface area contributed by atoms with E-state index in [0.717, 1.165) is 5.57 Å². The van der Waals surface area contributed by atoms with Gasteiger partial charge in [-0.2, -0.15) is 0 Å². The molecule has 33 heavy (non-hydrogen) atoms. The summed E-state index contributed by atoms with van der Waals surface area (Å²) < 4.78 is 12.2. The monoisotopic (exact) mass is 457 g/mol. The van der Waals surface area contributed by atoms with Gasteiger partial charge in [0, 0.05) is 36.8 Å². The van der Waals surface area contributed by atoms with Crippen LogP contribution >= 0.6 is 0 Å². The minimum absolute atomic E-state index is 0.00530. The van der Waals surface area contributed by atoms with Crippen LogP contribution in [-0.4, -0.2) is 47.3 Å². The molecule has 0 aliphatic carbocycles. The fourth-order valence-corrected chi connectivity index (χ4v) is 4.66. The van der Waals surface area contributed by atoms with E-state index < -0.39 is 24.2 Å². The van der Waals surface area contributed by atoms with Crippen LogP contribution in [0.15, 0.2) is 41.5 Å². The molecule has 2 heterocycles. The van der Waals surface area contributed by atoms with Crippen LogP contribution in [0, 0.1) is 11.8 Å². The zero-order valence-corrected chi connectivity index (χ0v) is 20.0. The van der Waals surface area contributed by atoms with Crippen LogP contribution in [0.2, 0.25) is 0 Å². The second kappa shape index (κ2) is 10.6. The maximum Gasteiger partial charge on any atom is 0.250 e.